The Hall–Kier alpha value is -2.37. The third kappa shape index (κ3) is 2.81. The van der Waals surface area contributed by atoms with Crippen molar-refractivity contribution in [1.82, 2.24) is 15.2 Å². The van der Waals surface area contributed by atoms with Crippen LogP contribution in [-0.2, 0) is 16.1 Å². The zero-order valence-electron chi connectivity index (χ0n) is 9.28. The van der Waals surface area contributed by atoms with Gasteiger partial charge in [-0.3, -0.25) is 0 Å². The molecule has 86 valence electrons. The molecule has 0 aliphatic carbocycles. The molecule has 0 bridgehead atoms. The summed E-state index contributed by atoms with van der Waals surface area (Å²) >= 11 is 0. The first-order chi connectivity index (χ1) is 8.29. The topological polar surface area (TPSA) is 68.8 Å². The monoisotopic (exact) mass is 231 g/mol. The summed E-state index contributed by atoms with van der Waals surface area (Å²) < 4.78 is 6.29. The summed E-state index contributed by atoms with van der Waals surface area (Å²) in [6, 6.07) is 3.64. The van der Waals surface area contributed by atoms with Gasteiger partial charge in [-0.2, -0.15) is 9.67 Å². The molecule has 0 unspecified atom stereocenters. The number of pyridine rings is 1. The molecule has 6 heteroatoms. The summed E-state index contributed by atoms with van der Waals surface area (Å²) in [5.74, 6) is 0.262. The number of methoxy groups -OCH3 is 1. The standard InChI is InChI=1S/C11H11N4O2/c1-17-10(16)8-15-6-2-9(3-7-15)11-12-4-5-13-14-11/h2-7H,8H2,1H3/q+1. The second-order valence-electron chi connectivity index (χ2n) is 3.30. The van der Waals surface area contributed by atoms with Crippen LogP contribution in [0.4, 0.5) is 0 Å². The number of ether oxygens (including phenoxy) is 1. The number of nitrogens with zero attached hydrogens (tertiary/aromatic N) is 4. The fourth-order valence-corrected chi connectivity index (χ4v) is 1.31. The molecule has 0 radical (unpaired) electrons. The zero-order valence-corrected chi connectivity index (χ0v) is 9.28. The van der Waals surface area contributed by atoms with Crippen LogP contribution in [0.2, 0.25) is 0 Å². The maximum absolute atomic E-state index is 11.1. The quantitative estimate of drug-likeness (QED) is 0.549. The molecule has 0 saturated heterocycles. The van der Waals surface area contributed by atoms with Gasteiger partial charge in [-0.15, -0.1) is 5.10 Å². The van der Waals surface area contributed by atoms with Crippen molar-refractivity contribution in [3.05, 3.63) is 36.9 Å². The van der Waals surface area contributed by atoms with E-state index >= 15 is 0 Å². The van der Waals surface area contributed by atoms with Crippen molar-refractivity contribution in [2.24, 2.45) is 0 Å². The highest BCUT2D eigenvalue weighted by atomic mass is 16.5. The molecule has 2 aromatic rings. The Bertz CT molecular complexity index is 499. The molecule has 0 fully saturated rings. The summed E-state index contributed by atoms with van der Waals surface area (Å²) in [4.78, 5) is 15.1. The number of carbonyl (C=O) groups excluding carboxylic acids is 1. The number of hydrogen-bond donors (Lipinski definition) is 0. The molecule has 2 heterocycles. The highest BCUT2D eigenvalue weighted by molar-refractivity contribution is 5.67. The third-order valence-electron chi connectivity index (χ3n) is 2.17. The molecule has 6 nitrogen and oxygen atoms in total. The number of carbonyl (C=O) groups is 1. The maximum atomic E-state index is 11.1. The molecule has 2 rings (SSSR count). The van der Waals surface area contributed by atoms with E-state index in [-0.39, 0.29) is 12.5 Å². The summed E-state index contributed by atoms with van der Waals surface area (Å²) in [6.45, 7) is 0.185. The van der Waals surface area contributed by atoms with E-state index in [1.807, 2.05) is 12.1 Å². The third-order valence-corrected chi connectivity index (χ3v) is 2.17. The lowest BCUT2D eigenvalue weighted by Crippen LogP contribution is -2.37. The van der Waals surface area contributed by atoms with Gasteiger partial charge in [0, 0.05) is 23.9 Å². The molecule has 0 amide bonds. The van der Waals surface area contributed by atoms with Crippen molar-refractivity contribution in [3.8, 4) is 11.4 Å². The van der Waals surface area contributed by atoms with Gasteiger partial charge >= 0.3 is 5.97 Å². The highest BCUT2D eigenvalue weighted by Crippen LogP contribution is 2.09. The SMILES string of the molecule is COC(=O)C[n+]1ccc(-c2nccnn2)cc1. The fourth-order valence-electron chi connectivity index (χ4n) is 1.31. The second-order valence-corrected chi connectivity index (χ2v) is 3.30. The van der Waals surface area contributed by atoms with Crippen LogP contribution in [-0.4, -0.2) is 28.3 Å². The van der Waals surface area contributed by atoms with E-state index in [2.05, 4.69) is 19.9 Å². The van der Waals surface area contributed by atoms with E-state index in [1.165, 1.54) is 13.3 Å². The van der Waals surface area contributed by atoms with Crippen LogP contribution in [0.25, 0.3) is 11.4 Å². The van der Waals surface area contributed by atoms with Gasteiger partial charge in [0.05, 0.1) is 13.3 Å². The minimum absolute atomic E-state index is 0.185. The molecule has 0 spiro atoms. The highest BCUT2D eigenvalue weighted by Gasteiger charge is 2.09. The van der Waals surface area contributed by atoms with E-state index in [0.717, 1.165) is 5.56 Å². The van der Waals surface area contributed by atoms with Crippen LogP contribution in [0, 0.1) is 0 Å². The Kier molecular flexibility index (Phi) is 3.34. The van der Waals surface area contributed by atoms with Gasteiger partial charge in [0.25, 0.3) is 0 Å². The molecule has 2 aromatic heterocycles. The van der Waals surface area contributed by atoms with E-state index in [1.54, 1.807) is 23.2 Å². The van der Waals surface area contributed by atoms with E-state index in [0.29, 0.717) is 5.82 Å². The van der Waals surface area contributed by atoms with Crippen molar-refractivity contribution in [1.29, 1.82) is 0 Å². The second kappa shape index (κ2) is 5.11. The average molecular weight is 231 g/mol. The molecule has 0 saturated carbocycles. The molecular formula is C11H11N4O2+. The zero-order chi connectivity index (χ0) is 12.1. The van der Waals surface area contributed by atoms with Gasteiger partial charge in [-0.05, 0) is 0 Å². The molecule has 0 aliphatic rings. The first-order valence-corrected chi connectivity index (χ1v) is 4.99. The number of rotatable bonds is 3. The lowest BCUT2D eigenvalue weighted by molar-refractivity contribution is -0.685. The van der Waals surface area contributed by atoms with Gasteiger partial charge < -0.3 is 4.74 Å². The minimum atomic E-state index is -0.291. The van der Waals surface area contributed by atoms with Crippen LogP contribution < -0.4 is 4.57 Å². The summed E-state index contributed by atoms with van der Waals surface area (Å²) in [7, 11) is 1.36. The van der Waals surface area contributed by atoms with Gasteiger partial charge in [0.2, 0.25) is 6.54 Å². The normalized spacial score (nSPS) is 9.94. The van der Waals surface area contributed by atoms with Crippen LogP contribution in [0.1, 0.15) is 0 Å². The maximum Gasteiger partial charge on any atom is 0.372 e. The van der Waals surface area contributed by atoms with Crippen molar-refractivity contribution in [2.75, 3.05) is 7.11 Å². The number of hydrogen-bond acceptors (Lipinski definition) is 5. The predicted octanol–water partition coefficient (Wildman–Crippen LogP) is -0.000900. The first kappa shape index (κ1) is 11.1. The van der Waals surface area contributed by atoms with Gasteiger partial charge in [-0.25, -0.2) is 9.78 Å². The lowest BCUT2D eigenvalue weighted by atomic mass is 10.2. The van der Waals surface area contributed by atoms with Crippen molar-refractivity contribution in [3.63, 3.8) is 0 Å². The Balaban J connectivity index is 2.16. The minimum Gasteiger partial charge on any atom is -0.464 e. The first-order valence-electron chi connectivity index (χ1n) is 4.99. The molecular weight excluding hydrogens is 220 g/mol. The Morgan fingerprint density at radius 2 is 2.12 bits per heavy atom. The fraction of sp³-hybridized carbons (Fsp3) is 0.182. The Labute approximate surface area is 97.9 Å². The van der Waals surface area contributed by atoms with Crippen LogP contribution in [0.5, 0.6) is 0 Å². The average Bonchev–Trinajstić information content (AvgIpc) is 2.40. The van der Waals surface area contributed by atoms with E-state index in [4.69, 9.17) is 0 Å². The van der Waals surface area contributed by atoms with E-state index in [9.17, 15) is 4.79 Å². The smallest absolute Gasteiger partial charge is 0.372 e. The Morgan fingerprint density at radius 3 is 2.71 bits per heavy atom. The Morgan fingerprint density at radius 1 is 1.35 bits per heavy atom. The van der Waals surface area contributed by atoms with Gasteiger partial charge in [0.1, 0.15) is 0 Å². The molecule has 0 atom stereocenters. The molecule has 0 N–H and O–H groups in total. The van der Waals surface area contributed by atoms with Gasteiger partial charge in [0.15, 0.2) is 18.2 Å². The van der Waals surface area contributed by atoms with Crippen molar-refractivity contribution in [2.45, 2.75) is 6.54 Å². The summed E-state index contributed by atoms with van der Waals surface area (Å²) in [5, 5.41) is 7.65. The van der Waals surface area contributed by atoms with Crippen molar-refractivity contribution >= 4 is 5.97 Å². The molecule has 0 aliphatic heterocycles. The van der Waals surface area contributed by atoms with Crippen LogP contribution in [0.15, 0.2) is 36.9 Å². The number of aromatic nitrogens is 4. The van der Waals surface area contributed by atoms with Crippen molar-refractivity contribution < 1.29 is 14.1 Å². The largest absolute Gasteiger partial charge is 0.464 e. The lowest BCUT2D eigenvalue weighted by Gasteiger charge is -1.98. The summed E-state index contributed by atoms with van der Waals surface area (Å²) in [5.41, 5.74) is 0.846. The molecule has 17 heavy (non-hydrogen) atoms. The molecule has 0 aromatic carbocycles. The van der Waals surface area contributed by atoms with Gasteiger partial charge in [-0.1, -0.05) is 0 Å². The van der Waals surface area contributed by atoms with Crippen LogP contribution >= 0.6 is 0 Å². The van der Waals surface area contributed by atoms with E-state index < -0.39 is 0 Å². The van der Waals surface area contributed by atoms with Crippen LogP contribution in [0.3, 0.4) is 0 Å². The predicted molar refractivity (Wildman–Crippen MR) is 57.5 cm³/mol. The number of esters is 1. The summed E-state index contributed by atoms with van der Waals surface area (Å²) in [6.07, 6.45) is 6.63.